The van der Waals surface area contributed by atoms with Crippen LogP contribution in [0.4, 0.5) is 4.39 Å². The smallest absolute Gasteiger partial charge is 0.126 e. The van der Waals surface area contributed by atoms with Crippen molar-refractivity contribution >= 4 is 0 Å². The minimum absolute atomic E-state index is 0.358. The fourth-order valence-corrected chi connectivity index (χ4v) is 2.04. The second kappa shape index (κ2) is 5.19. The van der Waals surface area contributed by atoms with Crippen molar-refractivity contribution < 1.29 is 4.39 Å². The molecule has 1 aromatic heterocycles. The maximum atomic E-state index is 13.0. The summed E-state index contributed by atoms with van der Waals surface area (Å²) in [4.78, 5) is 10.2. The highest BCUT2D eigenvalue weighted by Crippen LogP contribution is 2.24. The molecule has 1 saturated heterocycles. The number of likely N-dealkylation sites (tertiary alicyclic amines) is 1. The normalized spacial score (nSPS) is 19.8. The number of nitriles is 1. The predicted molar refractivity (Wildman–Crippen MR) is 60.8 cm³/mol. The molecule has 0 saturated carbocycles. The lowest BCUT2D eigenvalue weighted by atomic mass is 10.0. The van der Waals surface area contributed by atoms with Crippen LogP contribution in [0.15, 0.2) is 12.4 Å². The van der Waals surface area contributed by atoms with Crippen molar-refractivity contribution in [3.63, 3.8) is 0 Å². The van der Waals surface area contributed by atoms with Crippen molar-refractivity contribution in [3.8, 4) is 6.07 Å². The lowest BCUT2D eigenvalue weighted by molar-refractivity contribution is 0.131. The molecule has 0 N–H and O–H groups in total. The Hall–Kier alpha value is -1.54. The van der Waals surface area contributed by atoms with Gasteiger partial charge in [0.25, 0.3) is 0 Å². The van der Waals surface area contributed by atoms with Gasteiger partial charge in [-0.15, -0.1) is 0 Å². The summed E-state index contributed by atoms with van der Waals surface area (Å²) in [7, 11) is 0. The molecule has 0 bridgehead atoms. The van der Waals surface area contributed by atoms with Gasteiger partial charge in [-0.05, 0) is 19.8 Å². The van der Waals surface area contributed by atoms with Crippen LogP contribution in [0, 0.1) is 18.3 Å². The lowest BCUT2D eigenvalue weighted by Gasteiger charge is -2.31. The van der Waals surface area contributed by atoms with E-state index < -0.39 is 6.17 Å². The molecule has 0 spiro atoms. The van der Waals surface area contributed by atoms with Crippen molar-refractivity contribution in [2.75, 3.05) is 13.1 Å². The molecule has 17 heavy (non-hydrogen) atoms. The second-order valence-electron chi connectivity index (χ2n) is 4.31. The maximum absolute atomic E-state index is 13.0. The molecular weight excluding hydrogens is 219 g/mol. The Balaban J connectivity index is 2.11. The minimum Gasteiger partial charge on any atom is -0.284 e. The van der Waals surface area contributed by atoms with Crippen LogP contribution in [-0.2, 0) is 0 Å². The molecule has 4 nitrogen and oxygen atoms in total. The molecule has 1 aliphatic rings. The first kappa shape index (κ1) is 11.9. The first-order valence-corrected chi connectivity index (χ1v) is 5.77. The van der Waals surface area contributed by atoms with Gasteiger partial charge in [0.15, 0.2) is 0 Å². The Kier molecular flexibility index (Phi) is 3.64. The molecule has 1 atom stereocenters. The van der Waals surface area contributed by atoms with Gasteiger partial charge in [0, 0.05) is 31.0 Å². The summed E-state index contributed by atoms with van der Waals surface area (Å²) in [5, 5.41) is 9.23. The van der Waals surface area contributed by atoms with E-state index in [0.29, 0.717) is 31.8 Å². The molecule has 1 fully saturated rings. The zero-order valence-electron chi connectivity index (χ0n) is 9.80. The van der Waals surface area contributed by atoms with Gasteiger partial charge in [-0.3, -0.25) is 4.90 Å². The third kappa shape index (κ3) is 2.77. The summed E-state index contributed by atoms with van der Waals surface area (Å²) in [6.45, 7) is 3.04. The van der Waals surface area contributed by atoms with Crippen molar-refractivity contribution in [2.24, 2.45) is 0 Å². The molecule has 0 amide bonds. The van der Waals surface area contributed by atoms with Crippen molar-refractivity contribution in [3.05, 3.63) is 23.8 Å². The van der Waals surface area contributed by atoms with Crippen LogP contribution in [0.5, 0.6) is 0 Å². The van der Waals surface area contributed by atoms with E-state index in [1.54, 1.807) is 19.3 Å². The van der Waals surface area contributed by atoms with Gasteiger partial charge >= 0.3 is 0 Å². The Morgan fingerprint density at radius 1 is 1.41 bits per heavy atom. The zero-order valence-corrected chi connectivity index (χ0v) is 9.80. The molecule has 5 heteroatoms. The Morgan fingerprint density at radius 3 is 2.53 bits per heavy atom. The van der Waals surface area contributed by atoms with E-state index in [-0.39, 0.29) is 6.04 Å². The summed E-state index contributed by atoms with van der Waals surface area (Å²) in [6, 6.07) is 1.89. The molecule has 2 heterocycles. The van der Waals surface area contributed by atoms with E-state index >= 15 is 0 Å². The minimum atomic E-state index is -0.722. The average molecular weight is 234 g/mol. The van der Waals surface area contributed by atoms with E-state index in [4.69, 9.17) is 0 Å². The van der Waals surface area contributed by atoms with Gasteiger partial charge in [-0.1, -0.05) is 0 Å². The third-order valence-electron chi connectivity index (χ3n) is 3.06. The second-order valence-corrected chi connectivity index (χ2v) is 4.31. The van der Waals surface area contributed by atoms with Gasteiger partial charge < -0.3 is 0 Å². The predicted octanol–water partition coefficient (Wildman–Crippen LogP) is 1.78. The van der Waals surface area contributed by atoms with E-state index in [1.165, 1.54) is 0 Å². The van der Waals surface area contributed by atoms with Crippen molar-refractivity contribution in [2.45, 2.75) is 32.0 Å². The Labute approximate surface area is 100 Å². The van der Waals surface area contributed by atoms with E-state index in [2.05, 4.69) is 16.0 Å². The van der Waals surface area contributed by atoms with Crippen LogP contribution in [0.25, 0.3) is 0 Å². The molecule has 1 aromatic rings. The zero-order chi connectivity index (χ0) is 12.3. The number of hydrogen-bond donors (Lipinski definition) is 0. The number of alkyl halides is 1. The number of hydrogen-bond acceptors (Lipinski definition) is 4. The summed E-state index contributed by atoms with van der Waals surface area (Å²) < 4.78 is 13.0. The molecule has 2 rings (SSSR count). The summed E-state index contributed by atoms with van der Waals surface area (Å²) >= 11 is 0. The van der Waals surface area contributed by atoms with Crippen LogP contribution in [0.3, 0.4) is 0 Å². The first-order chi connectivity index (χ1) is 8.20. The average Bonchev–Trinajstić information content (AvgIpc) is 2.35. The SMILES string of the molecule is Cc1ncc(C(C#N)N2CCC(F)CC2)cn1. The standard InChI is InChI=1S/C12H15FN4/c1-9-15-7-10(8-16-9)12(6-14)17-4-2-11(13)3-5-17/h7-8,11-12H,2-5H2,1H3. The van der Waals surface area contributed by atoms with Crippen molar-refractivity contribution in [1.29, 1.82) is 5.26 Å². The van der Waals surface area contributed by atoms with E-state index in [0.717, 1.165) is 5.56 Å². The maximum Gasteiger partial charge on any atom is 0.126 e. The van der Waals surface area contributed by atoms with E-state index in [9.17, 15) is 9.65 Å². The van der Waals surface area contributed by atoms with Crippen LogP contribution >= 0.6 is 0 Å². The highest BCUT2D eigenvalue weighted by molar-refractivity contribution is 5.18. The topological polar surface area (TPSA) is 52.8 Å². The van der Waals surface area contributed by atoms with Crippen LogP contribution in [0.2, 0.25) is 0 Å². The van der Waals surface area contributed by atoms with Crippen molar-refractivity contribution in [1.82, 2.24) is 14.9 Å². The van der Waals surface area contributed by atoms with E-state index in [1.807, 2.05) is 4.90 Å². The fraction of sp³-hybridized carbons (Fsp3) is 0.583. The lowest BCUT2D eigenvalue weighted by Crippen LogP contribution is -2.37. The molecule has 0 radical (unpaired) electrons. The molecule has 0 aromatic carbocycles. The van der Waals surface area contributed by atoms with Gasteiger partial charge in [-0.25, -0.2) is 14.4 Å². The molecular formula is C12H15FN4. The monoisotopic (exact) mass is 234 g/mol. The summed E-state index contributed by atoms with van der Waals surface area (Å²) in [6.07, 6.45) is 3.64. The quantitative estimate of drug-likeness (QED) is 0.782. The number of nitrogens with zero attached hydrogens (tertiary/aromatic N) is 4. The fourth-order valence-electron chi connectivity index (χ4n) is 2.04. The third-order valence-corrected chi connectivity index (χ3v) is 3.06. The number of aromatic nitrogens is 2. The molecule has 1 unspecified atom stereocenters. The molecule has 1 aliphatic heterocycles. The van der Waals surface area contributed by atoms with Gasteiger partial charge in [-0.2, -0.15) is 5.26 Å². The van der Waals surface area contributed by atoms with Gasteiger partial charge in [0.2, 0.25) is 0 Å². The Morgan fingerprint density at radius 2 is 2.00 bits per heavy atom. The summed E-state index contributed by atoms with van der Waals surface area (Å²) in [5.74, 6) is 0.688. The number of halogens is 1. The molecule has 0 aliphatic carbocycles. The highest BCUT2D eigenvalue weighted by atomic mass is 19.1. The largest absolute Gasteiger partial charge is 0.284 e. The number of rotatable bonds is 2. The number of piperidine rings is 1. The molecule has 90 valence electrons. The highest BCUT2D eigenvalue weighted by Gasteiger charge is 2.26. The number of aryl methyl sites for hydroxylation is 1. The first-order valence-electron chi connectivity index (χ1n) is 5.77. The van der Waals surface area contributed by atoms with Gasteiger partial charge in [0.05, 0.1) is 6.07 Å². The van der Waals surface area contributed by atoms with Crippen LogP contribution in [0.1, 0.15) is 30.3 Å². The Bertz CT molecular complexity index is 404. The van der Waals surface area contributed by atoms with Crippen LogP contribution in [-0.4, -0.2) is 34.1 Å². The van der Waals surface area contributed by atoms with Crippen LogP contribution < -0.4 is 0 Å². The summed E-state index contributed by atoms with van der Waals surface area (Å²) in [5.41, 5.74) is 0.787. The van der Waals surface area contributed by atoms with Gasteiger partial charge in [0.1, 0.15) is 18.0 Å².